The lowest BCUT2D eigenvalue weighted by molar-refractivity contribution is 0.607. The van der Waals surface area contributed by atoms with Crippen molar-refractivity contribution >= 4 is 29.9 Å². The van der Waals surface area contributed by atoms with Gasteiger partial charge in [0.15, 0.2) is 0 Å². The highest BCUT2D eigenvalue weighted by Crippen LogP contribution is 2.34. The number of fused-ring (bicyclic) bond motifs is 1. The molecule has 4 rings (SSSR count). The van der Waals surface area contributed by atoms with Crippen LogP contribution in [0, 0.1) is 13.8 Å². The second-order valence-corrected chi connectivity index (χ2v) is 7.27. The minimum absolute atomic E-state index is 0. The molecule has 0 N–H and O–H groups in total. The quantitative estimate of drug-likeness (QED) is 0.594. The molecule has 2 aromatic carbocycles. The van der Waals surface area contributed by atoms with Crippen LogP contribution in [0.3, 0.4) is 0 Å². The summed E-state index contributed by atoms with van der Waals surface area (Å²) in [6.07, 6.45) is 1.03. The molecule has 28 heavy (non-hydrogen) atoms. The average molecular weight is 395 g/mol. The number of para-hydroxylation sites is 1. The summed E-state index contributed by atoms with van der Waals surface area (Å²) in [5.41, 5.74) is 6.09. The number of nitrogens with zero attached hydrogens (tertiary/aromatic N) is 4. The van der Waals surface area contributed by atoms with Gasteiger partial charge in [0.05, 0.1) is 6.04 Å². The van der Waals surface area contributed by atoms with Crippen LogP contribution in [0.25, 0.3) is 0 Å². The van der Waals surface area contributed by atoms with E-state index in [0.29, 0.717) is 0 Å². The van der Waals surface area contributed by atoms with E-state index in [9.17, 15) is 0 Å². The number of anilines is 3. The monoisotopic (exact) mass is 394 g/mol. The van der Waals surface area contributed by atoms with E-state index in [1.807, 2.05) is 6.07 Å². The lowest BCUT2D eigenvalue weighted by Gasteiger charge is -2.36. The van der Waals surface area contributed by atoms with Crippen molar-refractivity contribution in [3.05, 3.63) is 77.0 Å². The Balaban J connectivity index is 0.00000225. The third-order valence-corrected chi connectivity index (χ3v) is 5.66. The van der Waals surface area contributed by atoms with Crippen molar-refractivity contribution in [3.63, 3.8) is 0 Å². The van der Waals surface area contributed by atoms with Gasteiger partial charge in [-0.15, -0.1) is 12.4 Å². The van der Waals surface area contributed by atoms with Crippen LogP contribution in [0.15, 0.2) is 54.6 Å². The number of hydrogen-bond donors (Lipinski definition) is 0. The molecule has 0 bridgehead atoms. The average Bonchev–Trinajstić information content (AvgIpc) is 2.71. The number of benzene rings is 2. The highest BCUT2D eigenvalue weighted by atomic mass is 35.5. The second-order valence-electron chi connectivity index (χ2n) is 7.27. The Kier molecular flexibility index (Phi) is 5.90. The Morgan fingerprint density at radius 3 is 2.39 bits per heavy atom. The molecule has 0 amide bonds. The van der Waals surface area contributed by atoms with E-state index < -0.39 is 0 Å². The minimum Gasteiger partial charge on any atom is -0.334 e. The van der Waals surface area contributed by atoms with Gasteiger partial charge in [0.2, 0.25) is 5.95 Å². The molecule has 0 radical (unpaired) electrons. The maximum Gasteiger partial charge on any atom is 0.228 e. The highest BCUT2D eigenvalue weighted by molar-refractivity contribution is 5.85. The summed E-state index contributed by atoms with van der Waals surface area (Å²) in [7, 11) is 2.07. The first-order valence-electron chi connectivity index (χ1n) is 9.54. The van der Waals surface area contributed by atoms with Gasteiger partial charge >= 0.3 is 0 Å². The number of halogens is 1. The van der Waals surface area contributed by atoms with E-state index in [4.69, 9.17) is 9.97 Å². The Morgan fingerprint density at radius 2 is 1.64 bits per heavy atom. The largest absolute Gasteiger partial charge is 0.334 e. The molecule has 0 saturated carbocycles. The lowest BCUT2D eigenvalue weighted by Crippen LogP contribution is -2.35. The van der Waals surface area contributed by atoms with Gasteiger partial charge in [0, 0.05) is 30.5 Å². The smallest absolute Gasteiger partial charge is 0.228 e. The number of aromatic nitrogens is 2. The fraction of sp³-hybridized carbons (Fsp3) is 0.304. The molecule has 2 heterocycles. The molecule has 146 valence electrons. The van der Waals surface area contributed by atoms with Gasteiger partial charge in [0.25, 0.3) is 0 Å². The fourth-order valence-corrected chi connectivity index (χ4v) is 3.87. The molecule has 5 heteroatoms. The van der Waals surface area contributed by atoms with Gasteiger partial charge < -0.3 is 9.80 Å². The van der Waals surface area contributed by atoms with E-state index in [2.05, 4.69) is 86.1 Å². The van der Waals surface area contributed by atoms with Crippen molar-refractivity contribution in [1.29, 1.82) is 0 Å². The fourth-order valence-electron chi connectivity index (χ4n) is 3.87. The Morgan fingerprint density at radius 1 is 0.964 bits per heavy atom. The predicted octanol–water partition coefficient (Wildman–Crippen LogP) is 5.41. The van der Waals surface area contributed by atoms with Crippen LogP contribution in [0.5, 0.6) is 0 Å². The van der Waals surface area contributed by atoms with Crippen LogP contribution in [-0.4, -0.2) is 23.6 Å². The number of rotatable bonds is 3. The van der Waals surface area contributed by atoms with Crippen molar-refractivity contribution in [1.82, 2.24) is 9.97 Å². The normalized spacial score (nSPS) is 15.6. The van der Waals surface area contributed by atoms with Crippen molar-refractivity contribution in [2.24, 2.45) is 0 Å². The maximum absolute atomic E-state index is 5.00. The van der Waals surface area contributed by atoms with E-state index >= 15 is 0 Å². The van der Waals surface area contributed by atoms with E-state index in [1.165, 1.54) is 11.1 Å². The molecule has 1 aliphatic heterocycles. The van der Waals surface area contributed by atoms with Crippen LogP contribution in [0.2, 0.25) is 0 Å². The van der Waals surface area contributed by atoms with Gasteiger partial charge in [-0.25, -0.2) is 4.98 Å². The van der Waals surface area contributed by atoms with Gasteiger partial charge in [0.1, 0.15) is 5.82 Å². The Hall–Kier alpha value is -2.59. The zero-order chi connectivity index (χ0) is 19.0. The van der Waals surface area contributed by atoms with Crippen molar-refractivity contribution in [2.75, 3.05) is 23.4 Å². The molecule has 1 aromatic heterocycles. The van der Waals surface area contributed by atoms with Crippen molar-refractivity contribution < 1.29 is 0 Å². The summed E-state index contributed by atoms with van der Waals surface area (Å²) in [6, 6.07) is 19.3. The molecule has 3 aromatic rings. The summed E-state index contributed by atoms with van der Waals surface area (Å²) in [4.78, 5) is 14.3. The Labute approximate surface area is 173 Å². The first-order chi connectivity index (χ1) is 13.1. The minimum atomic E-state index is 0. The van der Waals surface area contributed by atoms with Crippen LogP contribution in [0.4, 0.5) is 17.5 Å². The molecule has 0 unspecified atom stereocenters. The molecule has 0 saturated heterocycles. The summed E-state index contributed by atoms with van der Waals surface area (Å²) < 4.78 is 0. The van der Waals surface area contributed by atoms with Crippen LogP contribution in [-0.2, 0) is 6.42 Å². The van der Waals surface area contributed by atoms with Crippen LogP contribution >= 0.6 is 12.4 Å². The molecule has 4 nitrogen and oxygen atoms in total. The van der Waals surface area contributed by atoms with E-state index in [-0.39, 0.29) is 18.4 Å². The van der Waals surface area contributed by atoms with Gasteiger partial charge in [-0.3, -0.25) is 0 Å². The first-order valence-corrected chi connectivity index (χ1v) is 9.54. The molecule has 0 spiro atoms. The summed E-state index contributed by atoms with van der Waals surface area (Å²) in [5, 5.41) is 0. The molecule has 0 aliphatic carbocycles. The standard InChI is InChI=1S/C23H26N4.ClH/c1-16-17(2)24-23(25-22(16)26(4)20-11-6-5-7-12-20)27-15-14-19-10-8-9-13-21(19)18(27)3;/h5-13,18H,14-15H2,1-4H3;1H/t18-;/m1./s1. The summed E-state index contributed by atoms with van der Waals surface area (Å²) >= 11 is 0. The third kappa shape index (κ3) is 3.57. The molecular formula is C23H27ClN4. The van der Waals surface area contributed by atoms with Gasteiger partial charge in [-0.2, -0.15) is 4.98 Å². The summed E-state index contributed by atoms with van der Waals surface area (Å²) in [5.74, 6) is 1.78. The van der Waals surface area contributed by atoms with Gasteiger partial charge in [-0.05, 0) is 50.5 Å². The zero-order valence-electron chi connectivity index (χ0n) is 16.9. The Bertz CT molecular complexity index is 958. The first kappa shape index (κ1) is 20.2. The van der Waals surface area contributed by atoms with Crippen LogP contribution in [0.1, 0.15) is 35.3 Å². The van der Waals surface area contributed by atoms with Crippen LogP contribution < -0.4 is 9.80 Å². The zero-order valence-corrected chi connectivity index (χ0v) is 17.7. The van der Waals surface area contributed by atoms with Crippen molar-refractivity contribution in [2.45, 2.75) is 33.2 Å². The van der Waals surface area contributed by atoms with Gasteiger partial charge in [-0.1, -0.05) is 42.5 Å². The topological polar surface area (TPSA) is 32.3 Å². The van der Waals surface area contributed by atoms with Crippen molar-refractivity contribution in [3.8, 4) is 0 Å². The molecular weight excluding hydrogens is 368 g/mol. The number of aryl methyl sites for hydroxylation is 1. The lowest BCUT2D eigenvalue weighted by atomic mass is 9.94. The predicted molar refractivity (Wildman–Crippen MR) is 119 cm³/mol. The maximum atomic E-state index is 5.00. The third-order valence-electron chi connectivity index (χ3n) is 5.66. The summed E-state index contributed by atoms with van der Waals surface area (Å²) in [6.45, 7) is 7.36. The molecule has 0 fully saturated rings. The second kappa shape index (κ2) is 8.19. The SMILES string of the molecule is Cc1nc(N2CCc3ccccc3[C@H]2C)nc(N(C)c2ccccc2)c1C.Cl. The number of hydrogen-bond acceptors (Lipinski definition) is 4. The van der Waals surface area contributed by atoms with E-state index in [1.54, 1.807) is 0 Å². The highest BCUT2D eigenvalue weighted by Gasteiger charge is 2.26. The molecule has 1 aliphatic rings. The molecule has 1 atom stereocenters. The van der Waals surface area contributed by atoms with E-state index in [0.717, 1.165) is 41.7 Å².